The molecule has 1 aromatic heterocycles. The molecule has 1 heterocycles. The number of hydrogen-bond donors (Lipinski definition) is 2. The standard InChI is InChI=1S/C30H24ClN5O4S/c1-40-27-16-10-21(11-17-27)29-23(20-36(34-29)26-7-3-2-4-8-26)19-32-33-30(37)22-6-5-9-28(18-22)41(38,39)35-25-14-12-24(31)13-15-25/h2-20,35H,1H3,(H,33,37)/b32-19+. The molecule has 11 heteroatoms. The minimum absolute atomic E-state index is 0.0741. The summed E-state index contributed by atoms with van der Waals surface area (Å²) >= 11 is 5.87. The smallest absolute Gasteiger partial charge is 0.271 e. The molecule has 5 aromatic rings. The molecule has 5 rings (SSSR count). The van der Waals surface area contributed by atoms with Crippen molar-refractivity contribution in [1.82, 2.24) is 15.2 Å². The number of nitrogens with one attached hydrogen (secondary N) is 2. The van der Waals surface area contributed by atoms with E-state index in [0.29, 0.717) is 27.7 Å². The van der Waals surface area contributed by atoms with Gasteiger partial charge in [-0.1, -0.05) is 35.9 Å². The fraction of sp³-hybridized carbons (Fsp3) is 0.0333. The zero-order chi connectivity index (χ0) is 28.8. The normalized spacial score (nSPS) is 11.4. The number of aromatic nitrogens is 2. The van der Waals surface area contributed by atoms with Crippen molar-refractivity contribution in [2.75, 3.05) is 11.8 Å². The number of hydrazone groups is 1. The van der Waals surface area contributed by atoms with Crippen molar-refractivity contribution >= 4 is 39.4 Å². The summed E-state index contributed by atoms with van der Waals surface area (Å²) < 4.78 is 35.2. The molecule has 41 heavy (non-hydrogen) atoms. The number of para-hydroxylation sites is 1. The van der Waals surface area contributed by atoms with E-state index in [4.69, 9.17) is 21.4 Å². The molecule has 0 radical (unpaired) electrons. The second-order valence-electron chi connectivity index (χ2n) is 8.78. The topological polar surface area (TPSA) is 115 Å². The van der Waals surface area contributed by atoms with Crippen molar-refractivity contribution in [2.45, 2.75) is 4.90 Å². The summed E-state index contributed by atoms with van der Waals surface area (Å²) in [6.45, 7) is 0. The van der Waals surface area contributed by atoms with Gasteiger partial charge in [-0.2, -0.15) is 10.2 Å². The Labute approximate surface area is 242 Å². The quantitative estimate of drug-likeness (QED) is 0.168. The number of rotatable bonds is 9. The van der Waals surface area contributed by atoms with Crippen LogP contribution in [-0.2, 0) is 10.0 Å². The Kier molecular flexibility index (Phi) is 8.14. The van der Waals surface area contributed by atoms with Gasteiger partial charge in [-0.25, -0.2) is 18.5 Å². The third-order valence-electron chi connectivity index (χ3n) is 6.00. The Morgan fingerprint density at radius 3 is 2.39 bits per heavy atom. The first-order valence-corrected chi connectivity index (χ1v) is 14.2. The number of ether oxygens (including phenoxy) is 1. The van der Waals surface area contributed by atoms with E-state index in [0.717, 1.165) is 11.3 Å². The van der Waals surface area contributed by atoms with Gasteiger partial charge in [0.2, 0.25) is 0 Å². The molecule has 206 valence electrons. The third-order valence-corrected chi connectivity index (χ3v) is 7.63. The molecule has 0 spiro atoms. The maximum absolute atomic E-state index is 12.9. The highest BCUT2D eigenvalue weighted by Gasteiger charge is 2.17. The number of amides is 1. The van der Waals surface area contributed by atoms with E-state index >= 15 is 0 Å². The highest BCUT2D eigenvalue weighted by molar-refractivity contribution is 7.92. The van der Waals surface area contributed by atoms with E-state index < -0.39 is 15.9 Å². The van der Waals surface area contributed by atoms with Gasteiger partial charge in [-0.15, -0.1) is 0 Å². The van der Waals surface area contributed by atoms with Gasteiger partial charge in [0.1, 0.15) is 11.4 Å². The van der Waals surface area contributed by atoms with Crippen LogP contribution in [-0.4, -0.2) is 37.4 Å². The average Bonchev–Trinajstić information content (AvgIpc) is 3.43. The lowest BCUT2D eigenvalue weighted by molar-refractivity contribution is 0.0955. The van der Waals surface area contributed by atoms with E-state index in [1.54, 1.807) is 42.3 Å². The summed E-state index contributed by atoms with van der Waals surface area (Å²) in [6, 6.07) is 29.0. The molecule has 0 aliphatic rings. The number of sulfonamides is 1. The van der Waals surface area contributed by atoms with Crippen molar-refractivity contribution in [2.24, 2.45) is 5.10 Å². The zero-order valence-electron chi connectivity index (χ0n) is 21.7. The number of carbonyl (C=O) groups excluding carboxylic acids is 1. The minimum Gasteiger partial charge on any atom is -0.497 e. The Balaban J connectivity index is 1.36. The van der Waals surface area contributed by atoms with Gasteiger partial charge in [0.25, 0.3) is 15.9 Å². The lowest BCUT2D eigenvalue weighted by Gasteiger charge is -2.09. The number of hydrogen-bond acceptors (Lipinski definition) is 6. The summed E-state index contributed by atoms with van der Waals surface area (Å²) in [5, 5.41) is 9.35. The summed E-state index contributed by atoms with van der Waals surface area (Å²) in [6.07, 6.45) is 3.30. The first-order chi connectivity index (χ1) is 19.8. The van der Waals surface area contributed by atoms with Gasteiger partial charge >= 0.3 is 0 Å². The molecular formula is C30H24ClN5O4S. The van der Waals surface area contributed by atoms with E-state index in [9.17, 15) is 13.2 Å². The molecular weight excluding hydrogens is 562 g/mol. The van der Waals surface area contributed by atoms with Crippen LogP contribution in [0, 0.1) is 0 Å². The van der Waals surface area contributed by atoms with E-state index in [1.165, 1.54) is 30.5 Å². The number of nitrogens with zero attached hydrogens (tertiary/aromatic N) is 3. The van der Waals surface area contributed by atoms with E-state index in [1.807, 2.05) is 54.6 Å². The number of anilines is 1. The van der Waals surface area contributed by atoms with Crippen LogP contribution in [0.1, 0.15) is 15.9 Å². The van der Waals surface area contributed by atoms with Crippen LogP contribution in [0.4, 0.5) is 5.69 Å². The van der Waals surface area contributed by atoms with Crippen LogP contribution in [0.2, 0.25) is 5.02 Å². The number of carbonyl (C=O) groups is 1. The summed E-state index contributed by atoms with van der Waals surface area (Å²) in [5.74, 6) is 0.137. The van der Waals surface area contributed by atoms with Crippen LogP contribution in [0.15, 0.2) is 119 Å². The van der Waals surface area contributed by atoms with E-state index in [2.05, 4.69) is 15.2 Å². The van der Waals surface area contributed by atoms with Crippen LogP contribution < -0.4 is 14.9 Å². The largest absolute Gasteiger partial charge is 0.497 e. The molecule has 0 aliphatic carbocycles. The Morgan fingerprint density at radius 2 is 1.68 bits per heavy atom. The molecule has 0 aliphatic heterocycles. The van der Waals surface area contributed by atoms with Crippen molar-refractivity contribution in [3.63, 3.8) is 0 Å². The monoisotopic (exact) mass is 585 g/mol. The van der Waals surface area contributed by atoms with Crippen LogP contribution in [0.25, 0.3) is 16.9 Å². The SMILES string of the molecule is COc1ccc(-c2nn(-c3ccccc3)cc2/C=N/NC(=O)c2cccc(S(=O)(=O)Nc3ccc(Cl)cc3)c2)cc1. The highest BCUT2D eigenvalue weighted by atomic mass is 35.5. The average molecular weight is 586 g/mol. The fourth-order valence-corrected chi connectivity index (χ4v) is 5.16. The van der Waals surface area contributed by atoms with Gasteiger partial charge in [-0.05, 0) is 78.9 Å². The van der Waals surface area contributed by atoms with Crippen LogP contribution in [0.5, 0.6) is 5.75 Å². The summed E-state index contributed by atoms with van der Waals surface area (Å²) in [4.78, 5) is 12.8. The minimum atomic E-state index is -3.94. The molecule has 2 N–H and O–H groups in total. The first-order valence-electron chi connectivity index (χ1n) is 12.3. The second-order valence-corrected chi connectivity index (χ2v) is 10.9. The fourth-order valence-electron chi connectivity index (χ4n) is 3.93. The molecule has 0 atom stereocenters. The predicted molar refractivity (Wildman–Crippen MR) is 159 cm³/mol. The maximum Gasteiger partial charge on any atom is 0.271 e. The zero-order valence-corrected chi connectivity index (χ0v) is 23.3. The van der Waals surface area contributed by atoms with Crippen molar-refractivity contribution < 1.29 is 17.9 Å². The Hall–Kier alpha value is -4.93. The number of methoxy groups -OCH3 is 1. The highest BCUT2D eigenvalue weighted by Crippen LogP contribution is 2.25. The summed E-state index contributed by atoms with van der Waals surface area (Å²) in [5.41, 5.74) is 5.93. The van der Waals surface area contributed by atoms with Crippen LogP contribution >= 0.6 is 11.6 Å². The number of benzene rings is 4. The van der Waals surface area contributed by atoms with Gasteiger partial charge < -0.3 is 4.74 Å². The molecule has 9 nitrogen and oxygen atoms in total. The van der Waals surface area contributed by atoms with Crippen LogP contribution in [0.3, 0.4) is 0 Å². The molecule has 1 amide bonds. The summed E-state index contributed by atoms with van der Waals surface area (Å²) in [7, 11) is -2.34. The molecule has 4 aromatic carbocycles. The number of halogens is 1. The molecule has 0 fully saturated rings. The van der Waals surface area contributed by atoms with Gasteiger partial charge in [0.05, 0.1) is 23.9 Å². The molecule has 0 saturated heterocycles. The predicted octanol–water partition coefficient (Wildman–Crippen LogP) is 5.77. The van der Waals surface area contributed by atoms with Crippen molar-refractivity contribution in [3.8, 4) is 22.7 Å². The van der Waals surface area contributed by atoms with E-state index in [-0.39, 0.29) is 10.5 Å². The second kappa shape index (κ2) is 12.1. The van der Waals surface area contributed by atoms with Gasteiger partial charge in [0, 0.05) is 33.6 Å². The van der Waals surface area contributed by atoms with Gasteiger partial charge in [-0.3, -0.25) is 9.52 Å². The first kappa shape index (κ1) is 27.6. The third kappa shape index (κ3) is 6.63. The molecule has 0 bridgehead atoms. The lowest BCUT2D eigenvalue weighted by Crippen LogP contribution is -2.19. The maximum atomic E-state index is 12.9. The van der Waals surface area contributed by atoms with Gasteiger partial charge in [0.15, 0.2) is 0 Å². The van der Waals surface area contributed by atoms with Crippen molar-refractivity contribution in [3.05, 3.63) is 125 Å². The molecule has 0 saturated carbocycles. The Bertz CT molecular complexity index is 1800. The Morgan fingerprint density at radius 1 is 0.951 bits per heavy atom. The molecule has 0 unspecified atom stereocenters. The lowest BCUT2D eigenvalue weighted by atomic mass is 10.1. The van der Waals surface area contributed by atoms with Crippen molar-refractivity contribution in [1.29, 1.82) is 0 Å².